The third kappa shape index (κ3) is 7.09. The van der Waals surface area contributed by atoms with Gasteiger partial charge in [0.05, 0.1) is 28.9 Å². The number of carbonyl (C=O) groups is 1. The smallest absolute Gasteiger partial charge is 0.262 e. The Hall–Kier alpha value is -3.83. The zero-order valence-electron chi connectivity index (χ0n) is 18.0. The van der Waals surface area contributed by atoms with Crippen LogP contribution in [0.2, 0.25) is 0 Å². The van der Waals surface area contributed by atoms with E-state index in [9.17, 15) is 4.79 Å². The first-order chi connectivity index (χ1) is 16.1. The average Bonchev–Trinajstić information content (AvgIpc) is 2.82. The topological polar surface area (TPSA) is 92.9 Å². The number of nitrogens with one attached hydrogen (secondary N) is 1. The van der Waals surface area contributed by atoms with Crippen molar-refractivity contribution < 1.29 is 19.1 Å². The van der Waals surface area contributed by atoms with E-state index in [2.05, 4.69) is 32.5 Å². The number of nitriles is 1. The minimum atomic E-state index is -0.285. The molecule has 33 heavy (non-hydrogen) atoms. The lowest BCUT2D eigenvalue weighted by molar-refractivity contribution is -0.118. The van der Waals surface area contributed by atoms with Crippen molar-refractivity contribution in [2.75, 3.05) is 18.5 Å². The van der Waals surface area contributed by atoms with E-state index in [-0.39, 0.29) is 19.1 Å². The first-order valence-corrected chi connectivity index (χ1v) is 11.0. The summed E-state index contributed by atoms with van der Waals surface area (Å²) < 4.78 is 12.0. The molecule has 0 aliphatic rings. The number of hydrogen-bond donors (Lipinski definition) is 1. The second kappa shape index (κ2) is 12.3. The zero-order chi connectivity index (χ0) is 23.5. The molecule has 0 saturated heterocycles. The van der Waals surface area contributed by atoms with Gasteiger partial charge in [0.15, 0.2) is 18.1 Å². The predicted molar refractivity (Wildman–Crippen MR) is 129 cm³/mol. The monoisotopic (exact) mass is 507 g/mol. The molecule has 7 nitrogen and oxygen atoms in total. The van der Waals surface area contributed by atoms with Gasteiger partial charge in [-0.25, -0.2) is 0 Å². The van der Waals surface area contributed by atoms with Crippen molar-refractivity contribution in [1.82, 2.24) is 0 Å². The van der Waals surface area contributed by atoms with Crippen molar-refractivity contribution in [3.05, 3.63) is 87.9 Å². The summed E-state index contributed by atoms with van der Waals surface area (Å²) in [7, 11) is 0. The first kappa shape index (κ1) is 23.8. The van der Waals surface area contributed by atoms with Crippen molar-refractivity contribution in [2.24, 2.45) is 5.16 Å². The minimum absolute atomic E-state index is 0.178. The number of amides is 1. The van der Waals surface area contributed by atoms with Gasteiger partial charge < -0.3 is 19.6 Å². The Morgan fingerprint density at radius 3 is 2.64 bits per heavy atom. The van der Waals surface area contributed by atoms with E-state index >= 15 is 0 Å². The lowest BCUT2D eigenvalue weighted by Gasteiger charge is -2.14. The van der Waals surface area contributed by atoms with E-state index in [1.54, 1.807) is 36.4 Å². The third-order valence-corrected chi connectivity index (χ3v) is 4.96. The predicted octanol–water partition coefficient (Wildman–Crippen LogP) is 5.29. The summed E-state index contributed by atoms with van der Waals surface area (Å²) in [5, 5.41) is 15.9. The van der Waals surface area contributed by atoms with Crippen LogP contribution in [0, 0.1) is 11.3 Å². The van der Waals surface area contributed by atoms with E-state index in [1.807, 2.05) is 37.3 Å². The fraction of sp³-hybridized carbons (Fsp3) is 0.160. The minimum Gasteiger partial charge on any atom is -0.490 e. The summed E-state index contributed by atoms with van der Waals surface area (Å²) in [6, 6.07) is 22.0. The molecule has 0 spiro atoms. The van der Waals surface area contributed by atoms with Crippen molar-refractivity contribution in [3.63, 3.8) is 0 Å². The Morgan fingerprint density at radius 1 is 1.12 bits per heavy atom. The molecule has 0 radical (unpaired) electrons. The highest BCUT2D eigenvalue weighted by molar-refractivity contribution is 9.10. The van der Waals surface area contributed by atoms with Gasteiger partial charge in [-0.3, -0.25) is 4.79 Å². The number of carbonyl (C=O) groups excluding carboxylic acids is 1. The molecule has 168 valence electrons. The van der Waals surface area contributed by atoms with Crippen LogP contribution in [0.5, 0.6) is 11.5 Å². The number of oxime groups is 1. The summed E-state index contributed by atoms with van der Waals surface area (Å²) >= 11 is 3.47. The van der Waals surface area contributed by atoms with Crippen LogP contribution < -0.4 is 14.8 Å². The number of rotatable bonds is 10. The van der Waals surface area contributed by atoms with Crippen molar-refractivity contribution >= 4 is 33.7 Å². The largest absolute Gasteiger partial charge is 0.490 e. The summed E-state index contributed by atoms with van der Waals surface area (Å²) in [5.74, 6) is 0.601. The average molecular weight is 508 g/mol. The van der Waals surface area contributed by atoms with Crippen molar-refractivity contribution in [3.8, 4) is 17.6 Å². The molecule has 1 amide bonds. The molecule has 3 aromatic carbocycles. The van der Waals surface area contributed by atoms with Crippen molar-refractivity contribution in [2.45, 2.75) is 13.5 Å². The number of anilines is 1. The molecule has 0 fully saturated rings. The second-order valence-electron chi connectivity index (χ2n) is 6.74. The molecule has 0 unspecified atom stereocenters. The SMILES string of the molecule is CCOc1cc(/C=N\OCc2ccccc2C#N)cc(Br)c1OCC(=O)Nc1ccccc1. The molecule has 1 N–H and O–H groups in total. The van der Waals surface area contributed by atoms with Crippen LogP contribution in [0.1, 0.15) is 23.6 Å². The van der Waals surface area contributed by atoms with Crippen LogP contribution in [-0.2, 0) is 16.2 Å². The van der Waals surface area contributed by atoms with Gasteiger partial charge in [-0.05, 0) is 53.2 Å². The summed E-state index contributed by atoms with van der Waals surface area (Å²) in [6.07, 6.45) is 1.54. The van der Waals surface area contributed by atoms with Crippen molar-refractivity contribution in [1.29, 1.82) is 5.26 Å². The normalized spacial score (nSPS) is 10.5. The van der Waals surface area contributed by atoms with Gasteiger partial charge in [0.2, 0.25) is 0 Å². The van der Waals surface area contributed by atoms with Gasteiger partial charge in [0.1, 0.15) is 6.61 Å². The van der Waals surface area contributed by atoms with E-state index in [0.717, 1.165) is 5.56 Å². The Bertz CT molecular complexity index is 1160. The molecule has 0 bridgehead atoms. The van der Waals surface area contributed by atoms with E-state index in [0.29, 0.717) is 39.4 Å². The Balaban J connectivity index is 1.64. The highest BCUT2D eigenvalue weighted by Gasteiger charge is 2.14. The Morgan fingerprint density at radius 2 is 1.88 bits per heavy atom. The number of para-hydroxylation sites is 1. The zero-order valence-corrected chi connectivity index (χ0v) is 19.5. The fourth-order valence-corrected chi connectivity index (χ4v) is 3.46. The number of ether oxygens (including phenoxy) is 2. The Labute approximate surface area is 200 Å². The molecule has 0 aliphatic heterocycles. The summed E-state index contributed by atoms with van der Waals surface area (Å²) in [5.41, 5.74) is 2.71. The molecule has 3 aromatic rings. The maximum absolute atomic E-state index is 12.2. The van der Waals surface area contributed by atoms with Crippen LogP contribution in [0.4, 0.5) is 5.69 Å². The van der Waals surface area contributed by atoms with Crippen LogP contribution in [0.15, 0.2) is 76.4 Å². The molecule has 0 heterocycles. The number of benzene rings is 3. The standard InChI is InChI=1S/C25H22BrN3O4/c1-2-31-23-13-18(15-28-33-16-20-9-7-6-8-19(20)14-27)12-22(26)25(23)32-17-24(30)29-21-10-4-3-5-11-21/h3-13,15H,2,16-17H2,1H3,(H,29,30)/b28-15-. The fourth-order valence-electron chi connectivity index (χ4n) is 2.88. The summed E-state index contributed by atoms with van der Waals surface area (Å²) in [4.78, 5) is 17.6. The molecule has 0 aliphatic carbocycles. The molecule has 8 heteroatoms. The lowest BCUT2D eigenvalue weighted by atomic mass is 10.1. The molecular weight excluding hydrogens is 486 g/mol. The molecular formula is C25H22BrN3O4. The molecule has 3 rings (SSSR count). The molecule has 0 aromatic heterocycles. The second-order valence-corrected chi connectivity index (χ2v) is 7.60. The molecule has 0 atom stereocenters. The van der Waals surface area contributed by atoms with Gasteiger partial charge in [-0.1, -0.05) is 41.6 Å². The van der Waals surface area contributed by atoms with Crippen LogP contribution in [-0.4, -0.2) is 25.3 Å². The lowest BCUT2D eigenvalue weighted by Crippen LogP contribution is -2.20. The van der Waals surface area contributed by atoms with Gasteiger partial charge in [0, 0.05) is 16.8 Å². The van der Waals surface area contributed by atoms with Crippen LogP contribution >= 0.6 is 15.9 Å². The van der Waals surface area contributed by atoms with E-state index in [1.165, 1.54) is 6.21 Å². The maximum Gasteiger partial charge on any atom is 0.262 e. The van der Waals surface area contributed by atoms with E-state index in [4.69, 9.17) is 19.6 Å². The van der Waals surface area contributed by atoms with Crippen LogP contribution in [0.25, 0.3) is 0 Å². The van der Waals surface area contributed by atoms with Gasteiger partial charge in [-0.15, -0.1) is 0 Å². The number of nitrogens with zero attached hydrogens (tertiary/aromatic N) is 2. The maximum atomic E-state index is 12.2. The third-order valence-electron chi connectivity index (χ3n) is 4.37. The number of halogens is 1. The summed E-state index contributed by atoms with van der Waals surface area (Å²) in [6.45, 7) is 2.28. The quantitative estimate of drug-likeness (QED) is 0.297. The van der Waals surface area contributed by atoms with Gasteiger partial charge in [-0.2, -0.15) is 5.26 Å². The highest BCUT2D eigenvalue weighted by atomic mass is 79.9. The first-order valence-electron chi connectivity index (χ1n) is 10.2. The van der Waals surface area contributed by atoms with Gasteiger partial charge >= 0.3 is 0 Å². The Kier molecular flexibility index (Phi) is 8.86. The highest BCUT2D eigenvalue weighted by Crippen LogP contribution is 2.36. The van der Waals surface area contributed by atoms with E-state index < -0.39 is 0 Å². The van der Waals surface area contributed by atoms with Crippen LogP contribution in [0.3, 0.4) is 0 Å². The van der Waals surface area contributed by atoms with Gasteiger partial charge in [0.25, 0.3) is 5.91 Å². The molecule has 0 saturated carbocycles. The number of hydrogen-bond acceptors (Lipinski definition) is 6.